The Hall–Kier alpha value is -2.50. The monoisotopic (exact) mass is 539 g/mol. The number of rotatable bonds is 8. The average molecular weight is 540 g/mol. The van der Waals surface area contributed by atoms with Crippen molar-refractivity contribution in [3.8, 4) is 0 Å². The zero-order chi connectivity index (χ0) is 25.8. The van der Waals surface area contributed by atoms with E-state index in [1.165, 1.54) is 14.0 Å². The first-order valence-corrected chi connectivity index (χ1v) is 12.4. The molecule has 2 rings (SSSR count). The molecule has 2 aromatic rings. The SMILES string of the molecule is CNC(=O)C(C)N(Cc1ccccc1Cl)C(=O)CN(c1ccc(Cl)c(C(F)(F)F)c1)S(C)(=O)=O. The van der Waals surface area contributed by atoms with Gasteiger partial charge in [-0.25, -0.2) is 8.42 Å². The molecule has 1 atom stereocenters. The van der Waals surface area contributed by atoms with E-state index in [1.54, 1.807) is 24.3 Å². The number of carbonyl (C=O) groups is 2. The zero-order valence-electron chi connectivity index (χ0n) is 18.4. The van der Waals surface area contributed by atoms with Crippen LogP contribution in [0.4, 0.5) is 18.9 Å². The molecule has 0 aliphatic heterocycles. The highest BCUT2D eigenvalue weighted by molar-refractivity contribution is 7.92. The minimum absolute atomic E-state index is 0.140. The van der Waals surface area contributed by atoms with Gasteiger partial charge in [-0.15, -0.1) is 0 Å². The number of hydrogen-bond donors (Lipinski definition) is 1. The summed E-state index contributed by atoms with van der Waals surface area (Å²) in [5.74, 6) is -1.36. The molecule has 7 nitrogen and oxygen atoms in total. The van der Waals surface area contributed by atoms with Gasteiger partial charge >= 0.3 is 6.18 Å². The molecule has 0 radical (unpaired) electrons. The van der Waals surface area contributed by atoms with E-state index in [-0.39, 0.29) is 6.54 Å². The van der Waals surface area contributed by atoms with Gasteiger partial charge in [-0.2, -0.15) is 13.2 Å². The fourth-order valence-electron chi connectivity index (χ4n) is 3.10. The zero-order valence-corrected chi connectivity index (χ0v) is 20.7. The Morgan fingerprint density at radius 2 is 1.71 bits per heavy atom. The molecule has 0 spiro atoms. The normalized spacial score (nSPS) is 12.7. The lowest BCUT2D eigenvalue weighted by molar-refractivity contribution is -0.139. The van der Waals surface area contributed by atoms with Crippen molar-refractivity contribution < 1.29 is 31.2 Å². The molecule has 0 heterocycles. The van der Waals surface area contributed by atoms with Crippen LogP contribution in [-0.2, 0) is 32.3 Å². The summed E-state index contributed by atoms with van der Waals surface area (Å²) in [4.78, 5) is 26.6. The third-order valence-electron chi connectivity index (χ3n) is 4.93. The summed E-state index contributed by atoms with van der Waals surface area (Å²) in [7, 11) is -2.84. The first-order chi connectivity index (χ1) is 15.7. The van der Waals surface area contributed by atoms with Gasteiger partial charge in [-0.05, 0) is 36.8 Å². The minimum Gasteiger partial charge on any atom is -0.357 e. The molecule has 34 heavy (non-hydrogen) atoms. The Morgan fingerprint density at radius 3 is 2.24 bits per heavy atom. The molecule has 0 fully saturated rings. The fourth-order valence-corrected chi connectivity index (χ4v) is 4.36. The third-order valence-corrected chi connectivity index (χ3v) is 6.77. The maximum atomic E-state index is 13.3. The Labute approximate surface area is 205 Å². The molecule has 0 bridgehead atoms. The quantitative estimate of drug-likeness (QED) is 0.550. The van der Waals surface area contributed by atoms with Crippen LogP contribution in [0.5, 0.6) is 0 Å². The van der Waals surface area contributed by atoms with Crippen LogP contribution in [0.15, 0.2) is 42.5 Å². The largest absolute Gasteiger partial charge is 0.417 e. The lowest BCUT2D eigenvalue weighted by Crippen LogP contribution is -2.50. The number of anilines is 1. The van der Waals surface area contributed by atoms with E-state index in [0.29, 0.717) is 21.0 Å². The second kappa shape index (κ2) is 10.8. The van der Waals surface area contributed by atoms with Crippen LogP contribution < -0.4 is 9.62 Å². The summed E-state index contributed by atoms with van der Waals surface area (Å²) < 4.78 is 65.3. The number of alkyl halides is 3. The predicted octanol–water partition coefficient (Wildman–Crippen LogP) is 3.94. The summed E-state index contributed by atoms with van der Waals surface area (Å²) in [5.41, 5.74) is -1.16. The van der Waals surface area contributed by atoms with Crippen molar-refractivity contribution in [2.45, 2.75) is 25.7 Å². The molecule has 0 saturated heterocycles. The van der Waals surface area contributed by atoms with E-state index < -0.39 is 56.9 Å². The van der Waals surface area contributed by atoms with E-state index in [1.807, 2.05) is 0 Å². The van der Waals surface area contributed by atoms with Gasteiger partial charge in [-0.3, -0.25) is 13.9 Å². The highest BCUT2D eigenvalue weighted by atomic mass is 35.5. The first kappa shape index (κ1) is 27.7. The summed E-state index contributed by atoms with van der Waals surface area (Å²) in [5, 5.41) is 2.10. The Balaban J connectivity index is 2.49. The summed E-state index contributed by atoms with van der Waals surface area (Å²) in [6, 6.07) is 8.03. The molecular formula is C21H22Cl2F3N3O4S. The van der Waals surface area contributed by atoms with Crippen molar-refractivity contribution in [3.05, 3.63) is 63.6 Å². The maximum Gasteiger partial charge on any atom is 0.417 e. The number of halogens is 5. The average Bonchev–Trinajstić information content (AvgIpc) is 2.74. The molecule has 2 amide bonds. The van der Waals surface area contributed by atoms with Crippen molar-refractivity contribution in [2.75, 3.05) is 24.2 Å². The van der Waals surface area contributed by atoms with E-state index in [4.69, 9.17) is 23.2 Å². The number of nitrogens with one attached hydrogen (secondary N) is 1. The highest BCUT2D eigenvalue weighted by Crippen LogP contribution is 2.37. The van der Waals surface area contributed by atoms with Crippen molar-refractivity contribution in [1.82, 2.24) is 10.2 Å². The Kier molecular flexibility index (Phi) is 8.84. The van der Waals surface area contributed by atoms with Crippen LogP contribution in [0.1, 0.15) is 18.1 Å². The van der Waals surface area contributed by atoms with Gasteiger partial charge in [0, 0.05) is 18.6 Å². The summed E-state index contributed by atoms with van der Waals surface area (Å²) in [6.07, 6.45) is -4.09. The maximum absolute atomic E-state index is 13.3. The first-order valence-electron chi connectivity index (χ1n) is 9.75. The predicted molar refractivity (Wildman–Crippen MR) is 124 cm³/mol. The van der Waals surface area contributed by atoms with Gasteiger partial charge in [-0.1, -0.05) is 41.4 Å². The van der Waals surface area contributed by atoms with Crippen LogP contribution in [0.3, 0.4) is 0 Å². The van der Waals surface area contributed by atoms with Crippen LogP contribution >= 0.6 is 23.2 Å². The molecule has 0 aliphatic carbocycles. The van der Waals surface area contributed by atoms with E-state index >= 15 is 0 Å². The smallest absolute Gasteiger partial charge is 0.357 e. The van der Waals surface area contributed by atoms with Gasteiger partial charge in [0.1, 0.15) is 12.6 Å². The second-order valence-corrected chi connectivity index (χ2v) is 10.1. The lowest BCUT2D eigenvalue weighted by atomic mass is 10.1. The molecule has 13 heteroatoms. The number of hydrogen-bond acceptors (Lipinski definition) is 4. The van der Waals surface area contributed by atoms with Crippen molar-refractivity contribution in [1.29, 1.82) is 0 Å². The van der Waals surface area contributed by atoms with Crippen LogP contribution in [0.25, 0.3) is 0 Å². The van der Waals surface area contributed by atoms with Crippen molar-refractivity contribution >= 4 is 50.7 Å². The molecule has 0 saturated carbocycles. The number of carbonyl (C=O) groups excluding carboxylic acids is 2. The summed E-state index contributed by atoms with van der Waals surface area (Å²) in [6.45, 7) is 0.436. The highest BCUT2D eigenvalue weighted by Gasteiger charge is 2.35. The van der Waals surface area contributed by atoms with Gasteiger partial charge in [0.25, 0.3) is 0 Å². The number of nitrogens with zero attached hydrogens (tertiary/aromatic N) is 2. The number of amides is 2. The van der Waals surface area contributed by atoms with Gasteiger partial charge in [0.15, 0.2) is 0 Å². The molecule has 0 aliphatic rings. The third kappa shape index (κ3) is 6.77. The second-order valence-electron chi connectivity index (χ2n) is 7.33. The van der Waals surface area contributed by atoms with Crippen molar-refractivity contribution in [2.24, 2.45) is 0 Å². The number of sulfonamides is 1. The van der Waals surface area contributed by atoms with Gasteiger partial charge < -0.3 is 10.2 Å². The van der Waals surface area contributed by atoms with Crippen LogP contribution in [-0.4, -0.2) is 51.0 Å². The van der Waals surface area contributed by atoms with E-state index in [0.717, 1.165) is 23.3 Å². The molecule has 186 valence electrons. The topological polar surface area (TPSA) is 86.8 Å². The van der Waals surface area contributed by atoms with Gasteiger partial charge in [0.2, 0.25) is 21.8 Å². The minimum atomic E-state index is -4.84. The molecule has 1 N–H and O–H groups in total. The Bertz CT molecular complexity index is 1180. The van der Waals surface area contributed by atoms with Gasteiger partial charge in [0.05, 0.1) is 22.5 Å². The molecular weight excluding hydrogens is 518 g/mol. The molecule has 0 aromatic heterocycles. The fraction of sp³-hybridized carbons (Fsp3) is 0.333. The van der Waals surface area contributed by atoms with E-state index in [9.17, 15) is 31.2 Å². The Morgan fingerprint density at radius 1 is 1.09 bits per heavy atom. The van der Waals surface area contributed by atoms with Crippen LogP contribution in [0.2, 0.25) is 10.0 Å². The number of likely N-dealkylation sites (N-methyl/N-ethyl adjacent to an activating group) is 1. The standard InChI is InChI=1S/C21H22Cl2F3N3O4S/c1-13(20(31)27-2)28(11-14-6-4-5-7-17(14)22)19(30)12-29(34(3,32)33)15-8-9-18(23)16(10-15)21(24,25)26/h4-10,13H,11-12H2,1-3H3,(H,27,31). The lowest BCUT2D eigenvalue weighted by Gasteiger charge is -2.31. The van der Waals surface area contributed by atoms with E-state index in [2.05, 4.69) is 5.32 Å². The number of benzene rings is 2. The van der Waals surface area contributed by atoms with Crippen LogP contribution in [0, 0.1) is 0 Å². The molecule has 1 unspecified atom stereocenters. The summed E-state index contributed by atoms with van der Waals surface area (Å²) >= 11 is 11.8. The van der Waals surface area contributed by atoms with Crippen molar-refractivity contribution in [3.63, 3.8) is 0 Å². The molecule has 2 aromatic carbocycles.